The molecule has 1 aromatic carbocycles. The molecule has 2 rings (SSSR count). The van der Waals surface area contributed by atoms with Crippen LogP contribution in [0, 0.1) is 17.0 Å². The minimum Gasteiger partial charge on any atom is -0.465 e. The van der Waals surface area contributed by atoms with Crippen LogP contribution >= 0.6 is 0 Å². The van der Waals surface area contributed by atoms with Crippen molar-refractivity contribution in [3.05, 3.63) is 52.1 Å². The summed E-state index contributed by atoms with van der Waals surface area (Å²) in [6.07, 6.45) is 3.23. The van der Waals surface area contributed by atoms with Crippen LogP contribution in [0.15, 0.2) is 30.7 Å². The number of imidazole rings is 1. The van der Waals surface area contributed by atoms with Gasteiger partial charge in [-0.05, 0) is 13.0 Å². The topological polar surface area (TPSA) is 87.3 Å². The Hall–Kier alpha value is -2.70. The van der Waals surface area contributed by atoms with Crippen molar-refractivity contribution in [1.29, 1.82) is 0 Å². The Labute approximate surface area is 108 Å². The second-order valence-corrected chi connectivity index (χ2v) is 3.91. The maximum Gasteiger partial charge on any atom is 0.338 e. The van der Waals surface area contributed by atoms with E-state index in [1.54, 1.807) is 17.7 Å². The SMILES string of the molecule is COC(=O)c1cc(-n2cnc(C)c2)cc([N+](=O)[O-])c1. The average molecular weight is 261 g/mol. The van der Waals surface area contributed by atoms with Crippen LogP contribution in [0.2, 0.25) is 0 Å². The molecule has 98 valence electrons. The van der Waals surface area contributed by atoms with Crippen LogP contribution in [0.25, 0.3) is 5.69 Å². The number of rotatable bonds is 3. The second-order valence-electron chi connectivity index (χ2n) is 3.91. The van der Waals surface area contributed by atoms with Crippen LogP contribution < -0.4 is 0 Å². The maximum atomic E-state index is 11.5. The monoisotopic (exact) mass is 261 g/mol. The molecule has 2 aromatic rings. The zero-order valence-electron chi connectivity index (χ0n) is 10.4. The summed E-state index contributed by atoms with van der Waals surface area (Å²) in [5.74, 6) is -0.623. The molecular weight excluding hydrogens is 250 g/mol. The molecule has 0 bridgehead atoms. The first-order valence-electron chi connectivity index (χ1n) is 5.40. The number of carbonyl (C=O) groups is 1. The van der Waals surface area contributed by atoms with Gasteiger partial charge in [0, 0.05) is 18.3 Å². The first-order chi connectivity index (χ1) is 9.01. The van der Waals surface area contributed by atoms with Gasteiger partial charge in [-0.3, -0.25) is 10.1 Å². The largest absolute Gasteiger partial charge is 0.465 e. The van der Waals surface area contributed by atoms with E-state index in [2.05, 4.69) is 9.72 Å². The minimum atomic E-state index is -0.623. The molecule has 0 aliphatic carbocycles. The number of hydrogen-bond donors (Lipinski definition) is 0. The van der Waals surface area contributed by atoms with E-state index in [9.17, 15) is 14.9 Å². The van der Waals surface area contributed by atoms with Crippen molar-refractivity contribution in [2.75, 3.05) is 7.11 Å². The summed E-state index contributed by atoms with van der Waals surface area (Å²) in [5, 5.41) is 10.9. The van der Waals surface area contributed by atoms with E-state index in [1.165, 1.54) is 31.6 Å². The number of esters is 1. The Kier molecular flexibility index (Phi) is 3.28. The lowest BCUT2D eigenvalue weighted by atomic mass is 10.1. The normalized spacial score (nSPS) is 10.2. The fraction of sp³-hybridized carbons (Fsp3) is 0.167. The number of ether oxygens (including phenoxy) is 1. The standard InChI is InChI=1S/C12H11N3O4/c1-8-6-14(7-13-8)10-3-9(12(16)19-2)4-11(5-10)15(17)18/h3-7H,1-2H3. The molecule has 7 heteroatoms. The number of nitro benzene ring substituents is 1. The molecule has 1 heterocycles. The van der Waals surface area contributed by atoms with Crippen molar-refractivity contribution in [3.8, 4) is 5.69 Å². The zero-order chi connectivity index (χ0) is 14.0. The molecule has 0 unspecified atom stereocenters. The van der Waals surface area contributed by atoms with Crippen LogP contribution in [0.4, 0.5) is 5.69 Å². The van der Waals surface area contributed by atoms with E-state index in [-0.39, 0.29) is 11.3 Å². The third kappa shape index (κ3) is 2.59. The molecule has 0 saturated heterocycles. The lowest BCUT2D eigenvalue weighted by Crippen LogP contribution is -2.04. The Morgan fingerprint density at radius 3 is 2.68 bits per heavy atom. The van der Waals surface area contributed by atoms with E-state index in [4.69, 9.17) is 0 Å². The highest BCUT2D eigenvalue weighted by Gasteiger charge is 2.15. The Morgan fingerprint density at radius 2 is 2.16 bits per heavy atom. The molecule has 0 N–H and O–H groups in total. The van der Waals surface area contributed by atoms with E-state index in [0.717, 1.165) is 5.69 Å². The van der Waals surface area contributed by atoms with Crippen LogP contribution in [0.1, 0.15) is 16.1 Å². The van der Waals surface area contributed by atoms with Gasteiger partial charge in [0.1, 0.15) is 0 Å². The highest BCUT2D eigenvalue weighted by Crippen LogP contribution is 2.21. The molecule has 0 aliphatic heterocycles. The summed E-state index contributed by atoms with van der Waals surface area (Å²) in [5.41, 5.74) is 1.20. The summed E-state index contributed by atoms with van der Waals surface area (Å²) in [6.45, 7) is 1.80. The van der Waals surface area contributed by atoms with Crippen molar-refractivity contribution < 1.29 is 14.5 Å². The molecule has 0 radical (unpaired) electrons. The number of carbonyl (C=O) groups excluding carboxylic acids is 1. The number of non-ortho nitro benzene ring substituents is 1. The smallest absolute Gasteiger partial charge is 0.338 e. The lowest BCUT2D eigenvalue weighted by Gasteiger charge is -2.05. The number of hydrogen-bond acceptors (Lipinski definition) is 5. The van der Waals surface area contributed by atoms with E-state index >= 15 is 0 Å². The van der Waals surface area contributed by atoms with Gasteiger partial charge in [0.15, 0.2) is 0 Å². The van der Waals surface area contributed by atoms with Gasteiger partial charge in [0.2, 0.25) is 0 Å². The number of benzene rings is 1. The van der Waals surface area contributed by atoms with Crippen LogP contribution in [-0.4, -0.2) is 27.6 Å². The molecule has 0 fully saturated rings. The van der Waals surface area contributed by atoms with E-state index in [1.807, 2.05) is 0 Å². The van der Waals surface area contributed by atoms with Crippen molar-refractivity contribution >= 4 is 11.7 Å². The van der Waals surface area contributed by atoms with Gasteiger partial charge in [-0.25, -0.2) is 9.78 Å². The van der Waals surface area contributed by atoms with Crippen molar-refractivity contribution in [1.82, 2.24) is 9.55 Å². The van der Waals surface area contributed by atoms with Crippen LogP contribution in [0.3, 0.4) is 0 Å². The Bertz CT molecular complexity index is 648. The quantitative estimate of drug-likeness (QED) is 0.478. The molecule has 7 nitrogen and oxygen atoms in total. The molecule has 0 aliphatic rings. The van der Waals surface area contributed by atoms with E-state index < -0.39 is 10.9 Å². The number of aryl methyl sites for hydroxylation is 1. The third-order valence-corrected chi connectivity index (χ3v) is 2.54. The van der Waals surface area contributed by atoms with Gasteiger partial charge in [0.25, 0.3) is 5.69 Å². The highest BCUT2D eigenvalue weighted by atomic mass is 16.6. The van der Waals surface area contributed by atoms with Gasteiger partial charge in [-0.2, -0.15) is 0 Å². The summed E-state index contributed by atoms with van der Waals surface area (Å²) in [6, 6.07) is 4.06. The van der Waals surface area contributed by atoms with Gasteiger partial charge in [-0.15, -0.1) is 0 Å². The zero-order valence-corrected chi connectivity index (χ0v) is 10.4. The fourth-order valence-corrected chi connectivity index (χ4v) is 1.65. The fourth-order valence-electron chi connectivity index (χ4n) is 1.65. The number of nitrogens with zero attached hydrogens (tertiary/aromatic N) is 3. The maximum absolute atomic E-state index is 11.5. The van der Waals surface area contributed by atoms with Gasteiger partial charge < -0.3 is 9.30 Å². The first kappa shape index (κ1) is 12.7. The average Bonchev–Trinajstić information content (AvgIpc) is 2.84. The first-order valence-corrected chi connectivity index (χ1v) is 5.40. The molecule has 0 saturated carbocycles. The highest BCUT2D eigenvalue weighted by molar-refractivity contribution is 5.90. The molecule has 19 heavy (non-hydrogen) atoms. The van der Waals surface area contributed by atoms with Crippen LogP contribution in [0.5, 0.6) is 0 Å². The molecule has 0 atom stereocenters. The lowest BCUT2D eigenvalue weighted by molar-refractivity contribution is -0.384. The number of aromatic nitrogens is 2. The van der Waals surface area contributed by atoms with Gasteiger partial charge >= 0.3 is 5.97 Å². The number of nitro groups is 1. The summed E-state index contributed by atoms with van der Waals surface area (Å²) in [7, 11) is 1.22. The third-order valence-electron chi connectivity index (χ3n) is 2.54. The predicted molar refractivity (Wildman–Crippen MR) is 66.3 cm³/mol. The van der Waals surface area contributed by atoms with Crippen molar-refractivity contribution in [3.63, 3.8) is 0 Å². The molecule has 0 amide bonds. The predicted octanol–water partition coefficient (Wildman–Crippen LogP) is 1.88. The van der Waals surface area contributed by atoms with Crippen molar-refractivity contribution in [2.45, 2.75) is 6.92 Å². The Morgan fingerprint density at radius 1 is 1.42 bits per heavy atom. The van der Waals surface area contributed by atoms with Gasteiger partial charge in [0.05, 0.1) is 35.3 Å². The molecule has 1 aromatic heterocycles. The van der Waals surface area contributed by atoms with Crippen LogP contribution in [-0.2, 0) is 4.74 Å². The van der Waals surface area contributed by atoms with Crippen molar-refractivity contribution in [2.24, 2.45) is 0 Å². The van der Waals surface area contributed by atoms with Gasteiger partial charge in [-0.1, -0.05) is 0 Å². The summed E-state index contributed by atoms with van der Waals surface area (Å²) < 4.78 is 6.19. The second kappa shape index (κ2) is 4.89. The Balaban J connectivity index is 2.57. The minimum absolute atomic E-state index is 0.123. The summed E-state index contributed by atoms with van der Waals surface area (Å²) >= 11 is 0. The number of methoxy groups -OCH3 is 1. The molecular formula is C12H11N3O4. The molecule has 0 spiro atoms. The van der Waals surface area contributed by atoms with E-state index in [0.29, 0.717) is 5.69 Å². The summed E-state index contributed by atoms with van der Waals surface area (Å²) in [4.78, 5) is 25.9.